The molecule has 1 aliphatic rings. The molecular weight excluding hydrogens is 194 g/mol. The Kier molecular flexibility index (Phi) is 3.34. The minimum absolute atomic E-state index is 0.0780. The summed E-state index contributed by atoms with van der Waals surface area (Å²) in [5, 5.41) is 9.98. The molecule has 0 aromatic rings. The molecule has 0 aliphatic carbocycles. The van der Waals surface area contributed by atoms with Gasteiger partial charge in [-0.3, -0.25) is 10.7 Å². The van der Waals surface area contributed by atoms with Gasteiger partial charge in [0.2, 0.25) is 5.96 Å². The molecule has 5 heteroatoms. The predicted octanol–water partition coefficient (Wildman–Crippen LogP) is 1.32. The largest absolute Gasteiger partial charge is 0.444 e. The van der Waals surface area contributed by atoms with E-state index in [9.17, 15) is 4.79 Å². The molecule has 0 aromatic heterocycles. The molecule has 2 N–H and O–H groups in total. The highest BCUT2D eigenvalue weighted by molar-refractivity contribution is 5.92. The van der Waals surface area contributed by atoms with Crippen LogP contribution in [0.1, 0.15) is 20.8 Å². The quantitative estimate of drug-likeness (QED) is 0.361. The zero-order valence-electron chi connectivity index (χ0n) is 9.33. The van der Waals surface area contributed by atoms with E-state index in [1.807, 2.05) is 12.2 Å². The Bertz CT molecular complexity index is 284. The van der Waals surface area contributed by atoms with Gasteiger partial charge in [0.15, 0.2) is 0 Å². The summed E-state index contributed by atoms with van der Waals surface area (Å²) in [6.45, 7) is 6.68. The molecule has 0 fully saturated rings. The van der Waals surface area contributed by atoms with Crippen molar-refractivity contribution in [2.75, 3.05) is 13.1 Å². The van der Waals surface area contributed by atoms with Crippen molar-refractivity contribution in [2.45, 2.75) is 26.4 Å². The molecule has 1 amide bonds. The molecule has 0 unspecified atom stereocenters. The lowest BCUT2D eigenvalue weighted by molar-refractivity contribution is 0.0557. The van der Waals surface area contributed by atoms with Gasteiger partial charge in [0.25, 0.3) is 0 Å². The first-order valence-electron chi connectivity index (χ1n) is 4.87. The van der Waals surface area contributed by atoms with Crippen LogP contribution in [-0.4, -0.2) is 35.6 Å². The number of rotatable bonds is 0. The van der Waals surface area contributed by atoms with Gasteiger partial charge in [0.05, 0.1) is 0 Å². The summed E-state index contributed by atoms with van der Waals surface area (Å²) in [4.78, 5) is 13.0. The first-order chi connectivity index (χ1) is 6.88. The SMILES string of the molecule is CC(C)(C)OC(=O)NC(=N)N1CC=CC1. The average molecular weight is 211 g/mol. The van der Waals surface area contributed by atoms with E-state index in [2.05, 4.69) is 5.32 Å². The van der Waals surface area contributed by atoms with Crippen LogP contribution in [-0.2, 0) is 4.74 Å². The fraction of sp³-hybridized carbons (Fsp3) is 0.600. The van der Waals surface area contributed by atoms with E-state index in [1.54, 1.807) is 25.7 Å². The average Bonchev–Trinajstić information content (AvgIpc) is 2.50. The Balaban J connectivity index is 2.35. The van der Waals surface area contributed by atoms with Crippen molar-refractivity contribution in [3.8, 4) is 0 Å². The smallest absolute Gasteiger partial charge is 0.414 e. The topological polar surface area (TPSA) is 65.4 Å². The number of alkyl carbamates (subject to hydrolysis) is 1. The highest BCUT2D eigenvalue weighted by atomic mass is 16.6. The van der Waals surface area contributed by atoms with Crippen molar-refractivity contribution in [1.82, 2.24) is 10.2 Å². The number of hydrogen-bond acceptors (Lipinski definition) is 3. The summed E-state index contributed by atoms with van der Waals surface area (Å²) in [5.41, 5.74) is -0.534. The zero-order chi connectivity index (χ0) is 11.5. The summed E-state index contributed by atoms with van der Waals surface area (Å²) < 4.78 is 5.03. The van der Waals surface area contributed by atoms with Crippen molar-refractivity contribution >= 4 is 12.1 Å². The Morgan fingerprint density at radius 2 is 1.93 bits per heavy atom. The minimum Gasteiger partial charge on any atom is -0.444 e. The van der Waals surface area contributed by atoms with Gasteiger partial charge in [0, 0.05) is 13.1 Å². The lowest BCUT2D eigenvalue weighted by atomic mass is 10.2. The first kappa shape index (κ1) is 11.6. The van der Waals surface area contributed by atoms with E-state index < -0.39 is 11.7 Å². The van der Waals surface area contributed by atoms with E-state index in [-0.39, 0.29) is 5.96 Å². The van der Waals surface area contributed by atoms with E-state index in [0.29, 0.717) is 13.1 Å². The minimum atomic E-state index is -0.584. The standard InChI is InChI=1S/C10H17N3O2/c1-10(2,3)15-9(14)12-8(11)13-6-4-5-7-13/h4-5H,6-7H2,1-3H3,(H2,11,12,14). The molecule has 5 nitrogen and oxygen atoms in total. The van der Waals surface area contributed by atoms with Gasteiger partial charge >= 0.3 is 6.09 Å². The number of hydrogen-bond donors (Lipinski definition) is 2. The van der Waals surface area contributed by atoms with Gasteiger partial charge in [0.1, 0.15) is 5.60 Å². The van der Waals surface area contributed by atoms with Crippen LogP contribution in [0.5, 0.6) is 0 Å². The maximum atomic E-state index is 11.3. The summed E-state index contributed by atoms with van der Waals surface area (Å²) >= 11 is 0. The van der Waals surface area contributed by atoms with Crippen LogP contribution in [0.4, 0.5) is 4.79 Å². The molecule has 1 rings (SSSR count). The molecule has 0 bridgehead atoms. The fourth-order valence-electron chi connectivity index (χ4n) is 1.14. The van der Waals surface area contributed by atoms with Crippen LogP contribution in [0.3, 0.4) is 0 Å². The van der Waals surface area contributed by atoms with Gasteiger partial charge in [-0.1, -0.05) is 12.2 Å². The van der Waals surface area contributed by atoms with Gasteiger partial charge in [-0.25, -0.2) is 4.79 Å². The number of carbonyl (C=O) groups is 1. The third-order valence-corrected chi connectivity index (χ3v) is 1.75. The maximum absolute atomic E-state index is 11.3. The predicted molar refractivity (Wildman–Crippen MR) is 57.8 cm³/mol. The second kappa shape index (κ2) is 4.33. The highest BCUT2D eigenvalue weighted by Crippen LogP contribution is 2.06. The van der Waals surface area contributed by atoms with Crippen LogP contribution in [0, 0.1) is 5.41 Å². The van der Waals surface area contributed by atoms with Crippen LogP contribution in [0.25, 0.3) is 0 Å². The third-order valence-electron chi connectivity index (χ3n) is 1.75. The highest BCUT2D eigenvalue weighted by Gasteiger charge is 2.19. The van der Waals surface area contributed by atoms with Crippen molar-refractivity contribution < 1.29 is 9.53 Å². The van der Waals surface area contributed by atoms with Gasteiger partial charge in [-0.05, 0) is 20.8 Å². The number of nitrogens with zero attached hydrogens (tertiary/aromatic N) is 1. The summed E-state index contributed by atoms with van der Waals surface area (Å²) in [6.07, 6.45) is 3.32. The molecule has 0 saturated carbocycles. The van der Waals surface area contributed by atoms with Crippen LogP contribution in [0.2, 0.25) is 0 Å². The molecule has 0 radical (unpaired) electrons. The number of guanidine groups is 1. The molecule has 0 spiro atoms. The second-order valence-corrected chi connectivity index (χ2v) is 4.35. The second-order valence-electron chi connectivity index (χ2n) is 4.35. The first-order valence-corrected chi connectivity index (χ1v) is 4.87. The zero-order valence-corrected chi connectivity index (χ0v) is 9.33. The Hall–Kier alpha value is -1.52. The molecule has 0 atom stereocenters. The molecular formula is C10H17N3O2. The third kappa shape index (κ3) is 4.01. The van der Waals surface area contributed by atoms with E-state index in [4.69, 9.17) is 10.1 Å². The molecule has 15 heavy (non-hydrogen) atoms. The van der Waals surface area contributed by atoms with Crippen LogP contribution in [0.15, 0.2) is 12.2 Å². The van der Waals surface area contributed by atoms with E-state index in [0.717, 1.165) is 0 Å². The van der Waals surface area contributed by atoms with Crippen LogP contribution < -0.4 is 5.32 Å². The summed E-state index contributed by atoms with van der Waals surface area (Å²) in [5.74, 6) is 0.0780. The van der Waals surface area contributed by atoms with Gasteiger partial charge < -0.3 is 9.64 Å². The van der Waals surface area contributed by atoms with E-state index in [1.165, 1.54) is 0 Å². The summed E-state index contributed by atoms with van der Waals surface area (Å²) in [6, 6.07) is 0. The van der Waals surface area contributed by atoms with Crippen molar-refractivity contribution in [3.63, 3.8) is 0 Å². The number of nitrogens with one attached hydrogen (secondary N) is 2. The lowest BCUT2D eigenvalue weighted by Gasteiger charge is -2.22. The Morgan fingerprint density at radius 1 is 1.40 bits per heavy atom. The fourth-order valence-corrected chi connectivity index (χ4v) is 1.14. The Labute approximate surface area is 89.6 Å². The number of carbonyl (C=O) groups excluding carboxylic acids is 1. The molecule has 84 valence electrons. The number of ether oxygens (including phenoxy) is 1. The van der Waals surface area contributed by atoms with Gasteiger partial charge in [-0.2, -0.15) is 0 Å². The lowest BCUT2D eigenvalue weighted by Crippen LogP contribution is -2.44. The molecule has 1 aliphatic heterocycles. The van der Waals surface area contributed by atoms with Crippen LogP contribution >= 0.6 is 0 Å². The monoisotopic (exact) mass is 211 g/mol. The molecule has 0 aromatic carbocycles. The van der Waals surface area contributed by atoms with Crippen molar-refractivity contribution in [2.24, 2.45) is 0 Å². The molecule has 0 saturated heterocycles. The van der Waals surface area contributed by atoms with E-state index >= 15 is 0 Å². The summed E-state index contributed by atoms with van der Waals surface area (Å²) in [7, 11) is 0. The van der Waals surface area contributed by atoms with Gasteiger partial charge in [-0.15, -0.1) is 0 Å². The normalized spacial score (nSPS) is 15.3. The number of amides is 1. The maximum Gasteiger partial charge on any atom is 0.414 e. The van der Waals surface area contributed by atoms with Crippen molar-refractivity contribution in [1.29, 1.82) is 5.41 Å². The Morgan fingerprint density at radius 3 is 2.40 bits per heavy atom. The van der Waals surface area contributed by atoms with Crippen molar-refractivity contribution in [3.05, 3.63) is 12.2 Å². The molecule has 1 heterocycles.